The molecule has 1 aliphatic rings. The lowest BCUT2D eigenvalue weighted by molar-refractivity contribution is 0.0752. The van der Waals surface area contributed by atoms with E-state index in [-0.39, 0.29) is 5.91 Å². The zero-order valence-corrected chi connectivity index (χ0v) is 10.5. The van der Waals surface area contributed by atoms with Gasteiger partial charge in [0.05, 0.1) is 12.1 Å². The molecule has 1 aromatic heterocycles. The van der Waals surface area contributed by atoms with E-state index in [2.05, 4.69) is 16.8 Å². The highest BCUT2D eigenvalue weighted by Crippen LogP contribution is 2.27. The summed E-state index contributed by atoms with van der Waals surface area (Å²) in [7, 11) is 0. The lowest BCUT2D eigenvalue weighted by Gasteiger charge is -2.20. The molecule has 18 heavy (non-hydrogen) atoms. The number of carbonyl (C=O) groups is 1. The highest BCUT2D eigenvalue weighted by Gasteiger charge is 2.31. The van der Waals surface area contributed by atoms with Crippen LogP contribution in [0.25, 0.3) is 0 Å². The van der Waals surface area contributed by atoms with Crippen LogP contribution < -0.4 is 5.73 Å². The molecule has 0 aromatic carbocycles. The van der Waals surface area contributed by atoms with Crippen molar-refractivity contribution < 1.29 is 4.79 Å². The molecular weight excluding hydrogens is 226 g/mol. The van der Waals surface area contributed by atoms with Crippen molar-refractivity contribution in [2.24, 2.45) is 5.73 Å². The molecule has 4 heteroatoms. The van der Waals surface area contributed by atoms with Gasteiger partial charge in [0.1, 0.15) is 0 Å². The highest BCUT2D eigenvalue weighted by molar-refractivity contribution is 5.94. The molecule has 1 saturated carbocycles. The van der Waals surface area contributed by atoms with Gasteiger partial charge in [-0.25, -0.2) is 0 Å². The van der Waals surface area contributed by atoms with E-state index < -0.39 is 0 Å². The van der Waals surface area contributed by atoms with Gasteiger partial charge in [-0.1, -0.05) is 11.8 Å². The molecule has 2 N–H and O–H groups in total. The number of amides is 1. The van der Waals surface area contributed by atoms with Crippen LogP contribution >= 0.6 is 0 Å². The van der Waals surface area contributed by atoms with Gasteiger partial charge in [0, 0.05) is 30.5 Å². The first-order valence-electron chi connectivity index (χ1n) is 6.21. The first-order chi connectivity index (χ1) is 8.76. The fourth-order valence-corrected chi connectivity index (χ4v) is 1.90. The average Bonchev–Trinajstić information content (AvgIpc) is 3.22. The topological polar surface area (TPSA) is 59.2 Å². The first kappa shape index (κ1) is 12.6. The third kappa shape index (κ3) is 2.88. The van der Waals surface area contributed by atoms with Crippen molar-refractivity contribution in [3.05, 3.63) is 29.6 Å². The smallest absolute Gasteiger partial charge is 0.255 e. The number of hydrogen-bond donors (Lipinski definition) is 1. The summed E-state index contributed by atoms with van der Waals surface area (Å²) in [5.74, 6) is 5.70. The van der Waals surface area contributed by atoms with Gasteiger partial charge < -0.3 is 10.6 Å². The van der Waals surface area contributed by atoms with E-state index in [9.17, 15) is 4.79 Å². The van der Waals surface area contributed by atoms with E-state index in [1.54, 1.807) is 18.5 Å². The van der Waals surface area contributed by atoms with Crippen LogP contribution in [0.5, 0.6) is 0 Å². The number of rotatable bonds is 3. The van der Waals surface area contributed by atoms with Crippen molar-refractivity contribution in [2.75, 3.05) is 13.1 Å². The molecule has 4 nitrogen and oxygen atoms in total. The number of nitrogens with two attached hydrogens (primary N) is 1. The summed E-state index contributed by atoms with van der Waals surface area (Å²) >= 11 is 0. The molecule has 1 fully saturated rings. The molecule has 1 heterocycles. The largest absolute Gasteiger partial charge is 0.336 e. The maximum Gasteiger partial charge on any atom is 0.255 e. The van der Waals surface area contributed by atoms with Crippen molar-refractivity contribution in [3.8, 4) is 11.8 Å². The SMILES string of the molecule is CCN(C(=O)c1cncc(C#CCN)c1)C1CC1. The number of carbonyl (C=O) groups excluding carboxylic acids is 1. The third-order valence-corrected chi connectivity index (χ3v) is 2.91. The Morgan fingerprint density at radius 2 is 2.33 bits per heavy atom. The van der Waals surface area contributed by atoms with Crippen molar-refractivity contribution in [3.63, 3.8) is 0 Å². The van der Waals surface area contributed by atoms with E-state index in [4.69, 9.17) is 5.73 Å². The molecule has 1 aromatic rings. The van der Waals surface area contributed by atoms with Gasteiger partial charge >= 0.3 is 0 Å². The number of pyridine rings is 1. The van der Waals surface area contributed by atoms with Crippen LogP contribution in [0.1, 0.15) is 35.7 Å². The number of nitrogens with zero attached hydrogens (tertiary/aromatic N) is 2. The monoisotopic (exact) mass is 243 g/mol. The summed E-state index contributed by atoms with van der Waals surface area (Å²) in [4.78, 5) is 18.3. The maximum atomic E-state index is 12.3. The summed E-state index contributed by atoms with van der Waals surface area (Å²) in [6.45, 7) is 3.05. The van der Waals surface area contributed by atoms with Crippen LogP contribution in [-0.4, -0.2) is 34.9 Å². The minimum atomic E-state index is 0.0453. The van der Waals surface area contributed by atoms with Crippen LogP contribution in [0.4, 0.5) is 0 Å². The Labute approximate surface area is 107 Å². The first-order valence-corrected chi connectivity index (χ1v) is 6.21. The summed E-state index contributed by atoms with van der Waals surface area (Å²) in [5, 5.41) is 0. The maximum absolute atomic E-state index is 12.3. The van der Waals surface area contributed by atoms with E-state index in [0.717, 1.165) is 24.9 Å². The molecule has 0 spiro atoms. The Bertz CT molecular complexity index is 497. The Morgan fingerprint density at radius 3 is 2.94 bits per heavy atom. The zero-order valence-electron chi connectivity index (χ0n) is 10.5. The third-order valence-electron chi connectivity index (χ3n) is 2.91. The van der Waals surface area contributed by atoms with Gasteiger partial charge in [-0.05, 0) is 25.8 Å². The van der Waals surface area contributed by atoms with Crippen LogP contribution in [0.15, 0.2) is 18.5 Å². The molecule has 0 atom stereocenters. The Kier molecular flexibility index (Phi) is 3.96. The Hall–Kier alpha value is -1.86. The lowest BCUT2D eigenvalue weighted by Crippen LogP contribution is -2.32. The second-order valence-corrected chi connectivity index (χ2v) is 4.29. The van der Waals surface area contributed by atoms with E-state index in [0.29, 0.717) is 18.2 Å². The lowest BCUT2D eigenvalue weighted by atomic mass is 10.2. The van der Waals surface area contributed by atoms with Crippen molar-refractivity contribution >= 4 is 5.91 Å². The fourth-order valence-electron chi connectivity index (χ4n) is 1.90. The molecule has 0 radical (unpaired) electrons. The Morgan fingerprint density at radius 1 is 1.56 bits per heavy atom. The molecule has 0 saturated heterocycles. The second-order valence-electron chi connectivity index (χ2n) is 4.29. The zero-order chi connectivity index (χ0) is 13.0. The molecule has 1 aliphatic carbocycles. The van der Waals surface area contributed by atoms with Crippen LogP contribution in [0.2, 0.25) is 0 Å². The van der Waals surface area contributed by atoms with E-state index >= 15 is 0 Å². The van der Waals surface area contributed by atoms with Crippen molar-refractivity contribution in [1.82, 2.24) is 9.88 Å². The summed E-state index contributed by atoms with van der Waals surface area (Å²) < 4.78 is 0. The molecule has 0 bridgehead atoms. The fraction of sp³-hybridized carbons (Fsp3) is 0.429. The standard InChI is InChI=1S/C14H17N3O/c1-2-17(13-5-6-13)14(18)12-8-11(4-3-7-15)9-16-10-12/h8-10,13H,2,5-7,15H2,1H3. The van der Waals surface area contributed by atoms with Crippen LogP contribution in [0.3, 0.4) is 0 Å². The van der Waals surface area contributed by atoms with Crippen molar-refractivity contribution in [1.29, 1.82) is 0 Å². The van der Waals surface area contributed by atoms with Crippen LogP contribution in [-0.2, 0) is 0 Å². The van der Waals surface area contributed by atoms with E-state index in [1.807, 2.05) is 11.8 Å². The average molecular weight is 243 g/mol. The van der Waals surface area contributed by atoms with Gasteiger partial charge in [0.15, 0.2) is 0 Å². The predicted molar refractivity (Wildman–Crippen MR) is 69.9 cm³/mol. The van der Waals surface area contributed by atoms with Gasteiger partial charge in [0.25, 0.3) is 5.91 Å². The number of aromatic nitrogens is 1. The molecule has 2 rings (SSSR count). The van der Waals surface area contributed by atoms with Gasteiger partial charge in [0.2, 0.25) is 0 Å². The van der Waals surface area contributed by atoms with Crippen LogP contribution in [0, 0.1) is 11.8 Å². The predicted octanol–water partition coefficient (Wildman–Crippen LogP) is 1.02. The Balaban J connectivity index is 2.19. The summed E-state index contributed by atoms with van der Waals surface area (Å²) in [5.41, 5.74) is 6.66. The summed E-state index contributed by atoms with van der Waals surface area (Å²) in [6, 6.07) is 2.20. The van der Waals surface area contributed by atoms with Gasteiger partial charge in [-0.15, -0.1) is 0 Å². The second kappa shape index (κ2) is 5.65. The molecule has 0 aliphatic heterocycles. The highest BCUT2D eigenvalue weighted by atomic mass is 16.2. The molecule has 94 valence electrons. The van der Waals surface area contributed by atoms with Gasteiger partial charge in [-0.2, -0.15) is 0 Å². The summed E-state index contributed by atoms with van der Waals surface area (Å²) in [6.07, 6.45) is 5.47. The molecule has 0 unspecified atom stereocenters. The molecular formula is C14H17N3O. The number of hydrogen-bond acceptors (Lipinski definition) is 3. The minimum Gasteiger partial charge on any atom is -0.336 e. The molecule has 1 amide bonds. The van der Waals surface area contributed by atoms with Gasteiger partial charge in [-0.3, -0.25) is 9.78 Å². The minimum absolute atomic E-state index is 0.0453. The normalized spacial score (nSPS) is 13.7. The quantitative estimate of drug-likeness (QED) is 0.806. The van der Waals surface area contributed by atoms with Crippen molar-refractivity contribution in [2.45, 2.75) is 25.8 Å². The van der Waals surface area contributed by atoms with E-state index in [1.165, 1.54) is 0 Å².